The molecule has 0 spiro atoms. The summed E-state index contributed by atoms with van der Waals surface area (Å²) in [7, 11) is 3.21. The average molecular weight is 419 g/mol. The number of benzene rings is 1. The van der Waals surface area contributed by atoms with Gasteiger partial charge in [-0.1, -0.05) is 6.07 Å². The Bertz CT molecular complexity index is 1210. The molecule has 1 aliphatic rings. The molecule has 154 valence electrons. The van der Waals surface area contributed by atoms with Gasteiger partial charge in [0.2, 0.25) is 5.91 Å². The molecule has 0 fully saturated rings. The van der Waals surface area contributed by atoms with E-state index in [0.717, 1.165) is 35.0 Å². The van der Waals surface area contributed by atoms with Gasteiger partial charge < -0.3 is 15.6 Å². The highest BCUT2D eigenvalue weighted by molar-refractivity contribution is 5.85. The monoisotopic (exact) mass is 418 g/mol. The number of amides is 1. The number of imidazole rings is 1. The summed E-state index contributed by atoms with van der Waals surface area (Å²) in [5, 5.41) is 2.96. The number of nitrogens with one attached hydrogen (secondary N) is 1. The van der Waals surface area contributed by atoms with Gasteiger partial charge in [0.1, 0.15) is 6.54 Å². The minimum atomic E-state index is -0.567. The lowest BCUT2D eigenvalue weighted by Crippen LogP contribution is -2.44. The number of anilines is 1. The van der Waals surface area contributed by atoms with Gasteiger partial charge >= 0.3 is 5.69 Å². The normalized spacial score (nSPS) is 15.6. The van der Waals surface area contributed by atoms with Crippen molar-refractivity contribution in [1.29, 1.82) is 0 Å². The van der Waals surface area contributed by atoms with Crippen LogP contribution in [0.3, 0.4) is 0 Å². The quantitative estimate of drug-likeness (QED) is 0.605. The fourth-order valence-corrected chi connectivity index (χ4v) is 3.90. The van der Waals surface area contributed by atoms with Crippen LogP contribution in [-0.4, -0.2) is 24.6 Å². The summed E-state index contributed by atoms with van der Waals surface area (Å²) in [4.78, 5) is 42.1. The number of carbonyl (C=O) groups is 1. The van der Waals surface area contributed by atoms with E-state index in [1.807, 2.05) is 18.2 Å². The maximum Gasteiger partial charge on any atom is 0.332 e. The molecule has 1 aliphatic carbocycles. The molecule has 29 heavy (non-hydrogen) atoms. The molecule has 1 amide bonds. The van der Waals surface area contributed by atoms with Crippen molar-refractivity contribution >= 4 is 35.2 Å². The molecule has 9 nitrogen and oxygen atoms in total. The second kappa shape index (κ2) is 7.75. The van der Waals surface area contributed by atoms with Crippen molar-refractivity contribution < 1.29 is 4.79 Å². The van der Waals surface area contributed by atoms with Crippen LogP contribution in [0.5, 0.6) is 0 Å². The zero-order valence-corrected chi connectivity index (χ0v) is 17.0. The third-order valence-corrected chi connectivity index (χ3v) is 5.32. The van der Waals surface area contributed by atoms with E-state index in [9.17, 15) is 14.4 Å². The van der Waals surface area contributed by atoms with E-state index in [-0.39, 0.29) is 36.4 Å². The second-order valence-corrected chi connectivity index (χ2v) is 7.23. The Morgan fingerprint density at radius 1 is 1.31 bits per heavy atom. The van der Waals surface area contributed by atoms with Crippen LogP contribution in [-0.2, 0) is 31.9 Å². The van der Waals surface area contributed by atoms with Crippen LogP contribution in [0.1, 0.15) is 30.0 Å². The maximum atomic E-state index is 12.7. The number of nitrogens with two attached hydrogens (primary N) is 1. The molecule has 0 radical (unpaired) electrons. The maximum absolute atomic E-state index is 12.7. The van der Waals surface area contributed by atoms with E-state index in [1.165, 1.54) is 17.9 Å². The minimum absolute atomic E-state index is 0. The molecule has 2 heterocycles. The second-order valence-electron chi connectivity index (χ2n) is 7.23. The van der Waals surface area contributed by atoms with Crippen molar-refractivity contribution in [3.63, 3.8) is 0 Å². The van der Waals surface area contributed by atoms with Crippen LogP contribution in [0.25, 0.3) is 11.2 Å². The molecule has 3 N–H and O–H groups in total. The molecular weight excluding hydrogens is 396 g/mol. The molecule has 1 atom stereocenters. The lowest BCUT2D eigenvalue weighted by Gasteiger charge is -2.26. The molecule has 0 saturated heterocycles. The average Bonchev–Trinajstić information content (AvgIpc) is 3.05. The van der Waals surface area contributed by atoms with Crippen molar-refractivity contribution in [2.75, 3.05) is 5.73 Å². The lowest BCUT2D eigenvalue weighted by molar-refractivity contribution is -0.122. The first-order chi connectivity index (χ1) is 13.4. The van der Waals surface area contributed by atoms with E-state index in [0.29, 0.717) is 11.3 Å². The molecular formula is C19H23ClN6O3. The molecule has 10 heteroatoms. The topological polar surface area (TPSA) is 117 Å². The van der Waals surface area contributed by atoms with Crippen LogP contribution in [0.4, 0.5) is 5.69 Å². The highest BCUT2D eigenvalue weighted by Crippen LogP contribution is 2.30. The van der Waals surface area contributed by atoms with Crippen LogP contribution >= 0.6 is 12.4 Å². The third-order valence-electron chi connectivity index (χ3n) is 5.32. The van der Waals surface area contributed by atoms with Crippen molar-refractivity contribution in [2.24, 2.45) is 14.1 Å². The number of nitrogen functional groups attached to an aromatic ring is 1. The smallest absolute Gasteiger partial charge is 0.332 e. The number of hydrogen-bond donors (Lipinski definition) is 2. The van der Waals surface area contributed by atoms with Crippen molar-refractivity contribution in [1.82, 2.24) is 24.0 Å². The number of hydrogen-bond acceptors (Lipinski definition) is 5. The zero-order chi connectivity index (χ0) is 20.0. The van der Waals surface area contributed by atoms with Gasteiger partial charge in [0.05, 0.1) is 12.4 Å². The van der Waals surface area contributed by atoms with Crippen molar-refractivity contribution in [3.05, 3.63) is 56.5 Å². The predicted octanol–water partition coefficient (Wildman–Crippen LogP) is 0.631. The highest BCUT2D eigenvalue weighted by Gasteiger charge is 2.23. The molecule has 0 saturated carbocycles. The Labute approximate surface area is 172 Å². The summed E-state index contributed by atoms with van der Waals surface area (Å²) in [5.74, 6) is -0.379. The number of aromatic nitrogens is 4. The zero-order valence-electron chi connectivity index (χ0n) is 16.2. The van der Waals surface area contributed by atoms with E-state index in [2.05, 4.69) is 10.3 Å². The van der Waals surface area contributed by atoms with Crippen LogP contribution in [0, 0.1) is 0 Å². The largest absolute Gasteiger partial charge is 0.399 e. The van der Waals surface area contributed by atoms with Gasteiger partial charge in [-0.3, -0.25) is 14.2 Å². The summed E-state index contributed by atoms with van der Waals surface area (Å²) in [6.07, 6.45) is 4.13. The van der Waals surface area contributed by atoms with Crippen LogP contribution in [0.15, 0.2) is 34.1 Å². The Balaban J connectivity index is 0.00000240. The first kappa shape index (κ1) is 20.7. The minimum Gasteiger partial charge on any atom is -0.399 e. The highest BCUT2D eigenvalue weighted by atomic mass is 35.5. The summed E-state index contributed by atoms with van der Waals surface area (Å²) in [6.45, 7) is -0.340. The SMILES string of the molecule is Cl.Cn1cnc2c1c(=O)n(CC(=O)NC1CCCc3cc(N)ccc31)c(=O)n2C. The van der Waals surface area contributed by atoms with Gasteiger partial charge in [0, 0.05) is 19.8 Å². The van der Waals surface area contributed by atoms with Gasteiger partial charge in [0.15, 0.2) is 11.2 Å². The summed E-state index contributed by atoms with van der Waals surface area (Å²) < 4.78 is 3.78. The first-order valence-electron chi connectivity index (χ1n) is 9.15. The number of halogens is 1. The van der Waals surface area contributed by atoms with E-state index < -0.39 is 11.2 Å². The van der Waals surface area contributed by atoms with E-state index in [1.54, 1.807) is 11.6 Å². The van der Waals surface area contributed by atoms with Gasteiger partial charge in [0.25, 0.3) is 5.56 Å². The first-order valence-corrected chi connectivity index (χ1v) is 9.15. The third kappa shape index (κ3) is 3.53. The number of aryl methyl sites for hydroxylation is 3. The number of nitrogens with zero attached hydrogens (tertiary/aromatic N) is 4. The van der Waals surface area contributed by atoms with Crippen molar-refractivity contribution in [2.45, 2.75) is 31.8 Å². The van der Waals surface area contributed by atoms with Gasteiger partial charge in [-0.2, -0.15) is 0 Å². The molecule has 4 rings (SSSR count). The van der Waals surface area contributed by atoms with Gasteiger partial charge in [-0.15, -0.1) is 12.4 Å². The van der Waals surface area contributed by atoms with Gasteiger partial charge in [-0.05, 0) is 42.5 Å². The summed E-state index contributed by atoms with van der Waals surface area (Å²) >= 11 is 0. The molecule has 3 aromatic rings. The lowest BCUT2D eigenvalue weighted by atomic mass is 9.87. The standard InChI is InChI=1S/C19H22N6O3.ClH/c1-23-10-21-17-16(23)18(27)25(19(28)24(17)2)9-15(26)22-14-5-3-4-11-8-12(20)6-7-13(11)14;/h6-8,10,14H,3-5,9,20H2,1-2H3,(H,22,26);1H. The summed E-state index contributed by atoms with van der Waals surface area (Å²) in [5.41, 5.74) is 8.22. The van der Waals surface area contributed by atoms with Crippen LogP contribution < -0.4 is 22.3 Å². The van der Waals surface area contributed by atoms with Crippen LogP contribution in [0.2, 0.25) is 0 Å². The Hall–Kier alpha value is -3.07. The predicted molar refractivity (Wildman–Crippen MR) is 112 cm³/mol. The number of rotatable bonds is 3. The fraction of sp³-hybridized carbons (Fsp3) is 0.368. The molecule has 1 unspecified atom stereocenters. The van der Waals surface area contributed by atoms with Gasteiger partial charge in [-0.25, -0.2) is 14.3 Å². The Morgan fingerprint density at radius 2 is 2.07 bits per heavy atom. The van der Waals surface area contributed by atoms with E-state index in [4.69, 9.17) is 5.73 Å². The summed E-state index contributed by atoms with van der Waals surface area (Å²) in [6, 6.07) is 5.53. The molecule has 0 bridgehead atoms. The fourth-order valence-electron chi connectivity index (χ4n) is 3.90. The van der Waals surface area contributed by atoms with Crippen molar-refractivity contribution in [3.8, 4) is 0 Å². The molecule has 1 aromatic carbocycles. The molecule has 0 aliphatic heterocycles. The number of carbonyl (C=O) groups excluding carboxylic acids is 1. The Kier molecular flexibility index (Phi) is 5.52. The van der Waals surface area contributed by atoms with E-state index >= 15 is 0 Å². The Morgan fingerprint density at radius 3 is 2.83 bits per heavy atom. The molecule has 2 aromatic heterocycles. The number of fused-ring (bicyclic) bond motifs is 2.